The molecule has 0 saturated carbocycles. The molecule has 1 heterocycles. The molecular weight excluding hydrogens is 405 g/mol. The van der Waals surface area contributed by atoms with E-state index in [1.807, 2.05) is 6.07 Å². The molecule has 6 nitrogen and oxygen atoms in total. The van der Waals surface area contributed by atoms with E-state index in [2.05, 4.69) is 5.32 Å². The number of carbonyl (C=O) groups is 1. The predicted octanol–water partition coefficient (Wildman–Crippen LogP) is 3.85. The molecule has 0 aliphatic carbocycles. The lowest BCUT2D eigenvalue weighted by atomic mass is 10.1. The molecule has 8 heteroatoms. The molecular formula is C22H22FN3O3S. The SMILES string of the molecule is Cc1cc(/C=C(/C#N)C(=O)Nc2cccc(S(=O)(=O)N3CCCCC3)c2)ccc1F. The molecule has 0 bridgehead atoms. The van der Waals surface area contributed by atoms with Crippen molar-refractivity contribution >= 4 is 27.7 Å². The minimum absolute atomic E-state index is 0.0962. The highest BCUT2D eigenvalue weighted by molar-refractivity contribution is 7.89. The van der Waals surface area contributed by atoms with Gasteiger partial charge in [-0.15, -0.1) is 0 Å². The van der Waals surface area contributed by atoms with Crippen molar-refractivity contribution in [3.63, 3.8) is 0 Å². The Bertz CT molecular complexity index is 1130. The number of anilines is 1. The Kier molecular flexibility index (Phi) is 6.65. The van der Waals surface area contributed by atoms with Gasteiger partial charge in [-0.3, -0.25) is 4.79 Å². The topological polar surface area (TPSA) is 90.3 Å². The van der Waals surface area contributed by atoms with Crippen molar-refractivity contribution in [2.75, 3.05) is 18.4 Å². The maximum absolute atomic E-state index is 13.4. The van der Waals surface area contributed by atoms with E-state index in [1.165, 1.54) is 40.7 Å². The van der Waals surface area contributed by atoms with Crippen molar-refractivity contribution in [3.05, 3.63) is 65.0 Å². The van der Waals surface area contributed by atoms with Crippen molar-refractivity contribution in [2.24, 2.45) is 0 Å². The Hall–Kier alpha value is -3.02. The van der Waals surface area contributed by atoms with Gasteiger partial charge in [0.05, 0.1) is 4.90 Å². The number of nitrogens with zero attached hydrogens (tertiary/aromatic N) is 2. The van der Waals surface area contributed by atoms with Crippen LogP contribution >= 0.6 is 0 Å². The number of carbonyl (C=O) groups excluding carboxylic acids is 1. The molecule has 0 spiro atoms. The van der Waals surface area contributed by atoms with Crippen LogP contribution < -0.4 is 5.32 Å². The van der Waals surface area contributed by atoms with Crippen LogP contribution in [0.5, 0.6) is 0 Å². The summed E-state index contributed by atoms with van der Waals surface area (Å²) in [7, 11) is -3.64. The third-order valence-electron chi connectivity index (χ3n) is 4.90. The molecule has 1 fully saturated rings. The number of benzene rings is 2. The molecule has 0 aromatic heterocycles. The van der Waals surface area contributed by atoms with Gasteiger partial charge in [-0.05, 0) is 67.3 Å². The van der Waals surface area contributed by atoms with Gasteiger partial charge >= 0.3 is 0 Å². The van der Waals surface area contributed by atoms with Crippen LogP contribution in [0.1, 0.15) is 30.4 Å². The van der Waals surface area contributed by atoms with Crippen molar-refractivity contribution in [1.29, 1.82) is 5.26 Å². The average Bonchev–Trinajstić information content (AvgIpc) is 2.75. The summed E-state index contributed by atoms with van der Waals surface area (Å²) in [5.41, 5.74) is 1.01. The zero-order chi connectivity index (χ0) is 21.7. The maximum Gasteiger partial charge on any atom is 0.266 e. The fourth-order valence-electron chi connectivity index (χ4n) is 3.26. The first-order chi connectivity index (χ1) is 14.3. The zero-order valence-corrected chi connectivity index (χ0v) is 17.4. The molecule has 30 heavy (non-hydrogen) atoms. The normalized spacial score (nSPS) is 15.4. The van der Waals surface area contributed by atoms with E-state index in [9.17, 15) is 22.9 Å². The summed E-state index contributed by atoms with van der Waals surface area (Å²) in [6.45, 7) is 2.56. The highest BCUT2D eigenvalue weighted by atomic mass is 32.2. The van der Waals surface area contributed by atoms with Gasteiger partial charge < -0.3 is 5.32 Å². The molecule has 2 aromatic rings. The first kappa shape index (κ1) is 21.7. The number of amides is 1. The second-order valence-electron chi connectivity index (χ2n) is 7.13. The predicted molar refractivity (Wildman–Crippen MR) is 112 cm³/mol. The number of piperidine rings is 1. The van der Waals surface area contributed by atoms with Gasteiger partial charge in [-0.2, -0.15) is 9.57 Å². The molecule has 0 unspecified atom stereocenters. The number of aryl methyl sites for hydroxylation is 1. The molecule has 1 amide bonds. The van der Waals surface area contributed by atoms with Crippen LogP contribution in [0.3, 0.4) is 0 Å². The summed E-state index contributed by atoms with van der Waals surface area (Å²) in [5.74, 6) is -1.05. The Morgan fingerprint density at radius 1 is 1.17 bits per heavy atom. The van der Waals surface area contributed by atoms with Gasteiger partial charge in [0, 0.05) is 18.8 Å². The maximum atomic E-state index is 13.4. The summed E-state index contributed by atoms with van der Waals surface area (Å²) >= 11 is 0. The van der Waals surface area contributed by atoms with Crippen molar-refractivity contribution in [2.45, 2.75) is 31.1 Å². The minimum atomic E-state index is -3.64. The fourth-order valence-corrected chi connectivity index (χ4v) is 4.82. The van der Waals surface area contributed by atoms with Gasteiger partial charge in [0.15, 0.2) is 0 Å². The van der Waals surface area contributed by atoms with Crippen LogP contribution in [0.2, 0.25) is 0 Å². The van der Waals surface area contributed by atoms with Crippen molar-refractivity contribution in [1.82, 2.24) is 4.31 Å². The van der Waals surface area contributed by atoms with Gasteiger partial charge in [0.2, 0.25) is 10.0 Å². The Labute approximate surface area is 175 Å². The highest BCUT2D eigenvalue weighted by Crippen LogP contribution is 2.23. The summed E-state index contributed by atoms with van der Waals surface area (Å²) < 4.78 is 40.5. The second kappa shape index (κ2) is 9.20. The van der Waals surface area contributed by atoms with Crippen molar-refractivity contribution in [3.8, 4) is 6.07 Å². The van der Waals surface area contributed by atoms with Crippen LogP contribution in [0.15, 0.2) is 52.9 Å². The third kappa shape index (κ3) is 4.93. The van der Waals surface area contributed by atoms with Crippen LogP contribution in [0, 0.1) is 24.1 Å². The van der Waals surface area contributed by atoms with Crippen LogP contribution in [-0.2, 0) is 14.8 Å². The Balaban J connectivity index is 1.80. The second-order valence-corrected chi connectivity index (χ2v) is 9.06. The van der Waals surface area contributed by atoms with E-state index >= 15 is 0 Å². The van der Waals surface area contributed by atoms with E-state index in [1.54, 1.807) is 19.1 Å². The lowest BCUT2D eigenvalue weighted by Crippen LogP contribution is -2.35. The molecule has 3 rings (SSSR count). The first-order valence-corrected chi connectivity index (χ1v) is 11.0. The van der Waals surface area contributed by atoms with Crippen LogP contribution in [-0.4, -0.2) is 31.7 Å². The molecule has 2 aromatic carbocycles. The number of hydrogen-bond acceptors (Lipinski definition) is 4. The number of hydrogen-bond donors (Lipinski definition) is 1. The van der Waals surface area contributed by atoms with Crippen LogP contribution in [0.4, 0.5) is 10.1 Å². The lowest BCUT2D eigenvalue weighted by molar-refractivity contribution is -0.112. The third-order valence-corrected chi connectivity index (χ3v) is 6.80. The standard InChI is InChI=1S/C22H22FN3O3S/c1-16-12-17(8-9-21(16)23)13-18(15-24)22(27)25-19-6-5-7-20(14-19)30(28,29)26-10-3-2-4-11-26/h5-9,12-14H,2-4,10-11H2,1H3,(H,25,27)/b18-13-. The number of halogens is 1. The number of rotatable bonds is 5. The van der Waals surface area contributed by atoms with E-state index in [4.69, 9.17) is 0 Å². The fraction of sp³-hybridized carbons (Fsp3) is 0.273. The molecule has 1 N–H and O–H groups in total. The van der Waals surface area contributed by atoms with Crippen LogP contribution in [0.25, 0.3) is 6.08 Å². The molecule has 1 aliphatic heterocycles. The van der Waals surface area contributed by atoms with Crippen molar-refractivity contribution < 1.29 is 17.6 Å². The highest BCUT2D eigenvalue weighted by Gasteiger charge is 2.26. The summed E-state index contributed by atoms with van der Waals surface area (Å²) in [6, 6.07) is 12.1. The summed E-state index contributed by atoms with van der Waals surface area (Å²) in [4.78, 5) is 12.6. The molecule has 156 valence electrons. The average molecular weight is 428 g/mol. The lowest BCUT2D eigenvalue weighted by Gasteiger charge is -2.26. The minimum Gasteiger partial charge on any atom is -0.321 e. The van der Waals surface area contributed by atoms with Gasteiger partial charge in [-0.1, -0.05) is 18.6 Å². The Morgan fingerprint density at radius 3 is 2.57 bits per heavy atom. The van der Waals surface area contributed by atoms with E-state index in [0.29, 0.717) is 24.2 Å². The largest absolute Gasteiger partial charge is 0.321 e. The summed E-state index contributed by atoms with van der Waals surface area (Å²) in [5, 5.41) is 11.9. The molecule has 0 atom stereocenters. The quantitative estimate of drug-likeness (QED) is 0.580. The van der Waals surface area contributed by atoms with Gasteiger partial charge in [-0.25, -0.2) is 12.8 Å². The van der Waals surface area contributed by atoms with E-state index in [-0.39, 0.29) is 22.0 Å². The monoisotopic (exact) mass is 427 g/mol. The molecule has 0 radical (unpaired) electrons. The zero-order valence-electron chi connectivity index (χ0n) is 16.6. The van der Waals surface area contributed by atoms with E-state index in [0.717, 1.165) is 19.3 Å². The first-order valence-electron chi connectivity index (χ1n) is 9.61. The number of nitriles is 1. The number of nitrogens with one attached hydrogen (secondary N) is 1. The molecule has 1 aliphatic rings. The summed E-state index contributed by atoms with van der Waals surface area (Å²) in [6.07, 6.45) is 4.03. The van der Waals surface area contributed by atoms with Gasteiger partial charge in [0.25, 0.3) is 5.91 Å². The molecule has 1 saturated heterocycles. The van der Waals surface area contributed by atoms with Gasteiger partial charge in [0.1, 0.15) is 17.5 Å². The number of sulfonamides is 1. The van der Waals surface area contributed by atoms with E-state index < -0.39 is 15.9 Å². The Morgan fingerprint density at radius 2 is 1.90 bits per heavy atom. The smallest absolute Gasteiger partial charge is 0.266 e.